The van der Waals surface area contributed by atoms with E-state index in [0.717, 1.165) is 6.61 Å². The first kappa shape index (κ1) is 7.49. The molecule has 2 fully saturated rings. The van der Waals surface area contributed by atoms with Gasteiger partial charge in [-0.2, -0.15) is 0 Å². The van der Waals surface area contributed by atoms with Gasteiger partial charge in [-0.05, 0) is 0 Å². The summed E-state index contributed by atoms with van der Waals surface area (Å²) in [6.07, 6.45) is 0.468. The van der Waals surface area contributed by atoms with Crippen molar-refractivity contribution < 1.29 is 19.3 Å². The van der Waals surface area contributed by atoms with Gasteiger partial charge in [0.25, 0.3) is 0 Å². The van der Waals surface area contributed by atoms with Gasteiger partial charge in [0.05, 0.1) is 26.4 Å². The largest absolute Gasteiger partial charge is 0.394 e. The maximum Gasteiger partial charge on any atom is 0.110 e. The number of hydrogen-bond donors (Lipinski definition) is 1. The molecule has 1 N–H and O–H groups in total. The van der Waals surface area contributed by atoms with Gasteiger partial charge in [0.15, 0.2) is 0 Å². The van der Waals surface area contributed by atoms with Crippen molar-refractivity contribution in [3.63, 3.8) is 0 Å². The van der Waals surface area contributed by atoms with Gasteiger partial charge in [0, 0.05) is 0 Å². The zero-order valence-electron chi connectivity index (χ0n) is 6.23. The lowest BCUT2D eigenvalue weighted by atomic mass is 10.3. The van der Waals surface area contributed by atoms with E-state index in [1.165, 1.54) is 0 Å². The maximum atomic E-state index is 8.59. The van der Waals surface area contributed by atoms with Crippen LogP contribution in [0.3, 0.4) is 0 Å². The Kier molecular flexibility index (Phi) is 2.09. The van der Waals surface area contributed by atoms with E-state index in [0.29, 0.717) is 19.3 Å². The molecule has 2 heterocycles. The molecule has 0 aromatic rings. The third-order valence-corrected chi connectivity index (χ3v) is 1.86. The molecule has 3 unspecified atom stereocenters. The molecule has 0 saturated carbocycles. The maximum absolute atomic E-state index is 8.59. The molecule has 0 radical (unpaired) electrons. The molecule has 2 saturated heterocycles. The summed E-state index contributed by atoms with van der Waals surface area (Å²) in [5.41, 5.74) is 0. The van der Waals surface area contributed by atoms with Crippen molar-refractivity contribution in [2.75, 3.05) is 26.4 Å². The molecular formula is C7H12O4. The van der Waals surface area contributed by atoms with Gasteiger partial charge in [-0.1, -0.05) is 0 Å². The number of ether oxygens (including phenoxy) is 3. The summed E-state index contributed by atoms with van der Waals surface area (Å²) < 4.78 is 15.3. The molecule has 11 heavy (non-hydrogen) atoms. The van der Waals surface area contributed by atoms with Crippen molar-refractivity contribution in [2.24, 2.45) is 0 Å². The molecule has 64 valence electrons. The summed E-state index contributed by atoms with van der Waals surface area (Å²) in [6.45, 7) is 2.19. The fourth-order valence-electron chi connectivity index (χ4n) is 0.966. The van der Waals surface area contributed by atoms with Crippen LogP contribution in [0.4, 0.5) is 0 Å². The SMILES string of the molecule is OCC1OC1COCC1CO1. The topological polar surface area (TPSA) is 54.5 Å². The minimum Gasteiger partial charge on any atom is -0.394 e. The molecular weight excluding hydrogens is 148 g/mol. The summed E-state index contributed by atoms with van der Waals surface area (Å²) in [5, 5.41) is 8.59. The van der Waals surface area contributed by atoms with Crippen molar-refractivity contribution in [1.82, 2.24) is 0 Å². The summed E-state index contributed by atoms with van der Waals surface area (Å²) >= 11 is 0. The van der Waals surface area contributed by atoms with Gasteiger partial charge in [-0.3, -0.25) is 0 Å². The lowest BCUT2D eigenvalue weighted by molar-refractivity contribution is 0.102. The number of rotatable bonds is 5. The summed E-state index contributed by atoms with van der Waals surface area (Å²) in [5.74, 6) is 0. The second-order valence-electron chi connectivity index (χ2n) is 2.89. The molecule has 2 aliphatic heterocycles. The fourth-order valence-corrected chi connectivity index (χ4v) is 0.966. The van der Waals surface area contributed by atoms with E-state index >= 15 is 0 Å². The molecule has 0 aromatic heterocycles. The van der Waals surface area contributed by atoms with E-state index < -0.39 is 0 Å². The van der Waals surface area contributed by atoms with E-state index in [4.69, 9.17) is 19.3 Å². The molecule has 4 heteroatoms. The van der Waals surface area contributed by atoms with E-state index in [1.807, 2.05) is 0 Å². The van der Waals surface area contributed by atoms with Gasteiger partial charge < -0.3 is 19.3 Å². The lowest BCUT2D eigenvalue weighted by Crippen LogP contribution is -2.10. The predicted octanol–water partition coefficient (Wildman–Crippen LogP) is -0.839. The highest BCUT2D eigenvalue weighted by Gasteiger charge is 2.38. The van der Waals surface area contributed by atoms with E-state index in [9.17, 15) is 0 Å². The Balaban J connectivity index is 1.47. The number of aliphatic hydroxyl groups is 1. The van der Waals surface area contributed by atoms with Gasteiger partial charge in [0.1, 0.15) is 18.3 Å². The van der Waals surface area contributed by atoms with Crippen LogP contribution >= 0.6 is 0 Å². The van der Waals surface area contributed by atoms with Crippen LogP contribution < -0.4 is 0 Å². The second kappa shape index (κ2) is 3.06. The summed E-state index contributed by atoms with van der Waals surface area (Å²) in [4.78, 5) is 0. The van der Waals surface area contributed by atoms with Gasteiger partial charge in [-0.15, -0.1) is 0 Å². The zero-order valence-corrected chi connectivity index (χ0v) is 6.23. The summed E-state index contributed by atoms with van der Waals surface area (Å²) in [6, 6.07) is 0. The van der Waals surface area contributed by atoms with Crippen molar-refractivity contribution in [3.05, 3.63) is 0 Å². The minimum atomic E-state index is 0.0233. The first-order valence-corrected chi connectivity index (χ1v) is 3.86. The number of aliphatic hydroxyl groups excluding tert-OH is 1. The third-order valence-electron chi connectivity index (χ3n) is 1.86. The van der Waals surface area contributed by atoms with Crippen LogP contribution in [0.2, 0.25) is 0 Å². The highest BCUT2D eigenvalue weighted by Crippen LogP contribution is 2.21. The normalized spacial score (nSPS) is 40.6. The van der Waals surface area contributed by atoms with Gasteiger partial charge >= 0.3 is 0 Å². The van der Waals surface area contributed by atoms with Crippen LogP contribution in [-0.2, 0) is 14.2 Å². The Morgan fingerprint density at radius 2 is 2.18 bits per heavy atom. The van der Waals surface area contributed by atoms with Crippen LogP contribution in [0.15, 0.2) is 0 Å². The van der Waals surface area contributed by atoms with Gasteiger partial charge in [-0.25, -0.2) is 0 Å². The van der Waals surface area contributed by atoms with E-state index in [1.54, 1.807) is 0 Å². The predicted molar refractivity (Wildman–Crippen MR) is 36.3 cm³/mol. The number of hydrogen-bond acceptors (Lipinski definition) is 4. The molecule has 0 spiro atoms. The zero-order chi connectivity index (χ0) is 7.68. The Labute approximate surface area is 65.1 Å². The van der Waals surface area contributed by atoms with Crippen LogP contribution in [0.1, 0.15) is 0 Å². The first-order chi connectivity index (χ1) is 5.40. The molecule has 3 atom stereocenters. The smallest absolute Gasteiger partial charge is 0.110 e. The fraction of sp³-hybridized carbons (Fsp3) is 1.00. The van der Waals surface area contributed by atoms with Crippen LogP contribution in [-0.4, -0.2) is 49.8 Å². The van der Waals surface area contributed by atoms with Crippen LogP contribution in [0, 0.1) is 0 Å². The summed E-state index contributed by atoms with van der Waals surface area (Å²) in [7, 11) is 0. The van der Waals surface area contributed by atoms with Crippen LogP contribution in [0.25, 0.3) is 0 Å². The van der Waals surface area contributed by atoms with Gasteiger partial charge in [0.2, 0.25) is 0 Å². The average Bonchev–Trinajstić information content (AvgIpc) is 2.79. The molecule has 0 aromatic carbocycles. The standard InChI is InChI=1S/C7H12O4/c8-1-6-7(11-6)4-9-2-5-3-10-5/h5-8H,1-4H2. The molecule has 0 bridgehead atoms. The van der Waals surface area contributed by atoms with Crippen molar-refractivity contribution in [1.29, 1.82) is 0 Å². The van der Waals surface area contributed by atoms with E-state index in [-0.39, 0.29) is 18.8 Å². The number of epoxide rings is 2. The first-order valence-electron chi connectivity index (χ1n) is 3.86. The lowest BCUT2D eigenvalue weighted by Gasteiger charge is -1.96. The Morgan fingerprint density at radius 1 is 1.36 bits per heavy atom. The molecule has 2 aliphatic rings. The average molecular weight is 160 g/mol. The Morgan fingerprint density at radius 3 is 2.73 bits per heavy atom. The van der Waals surface area contributed by atoms with Crippen LogP contribution in [0.5, 0.6) is 0 Å². The molecule has 0 aliphatic carbocycles. The third kappa shape index (κ3) is 2.13. The van der Waals surface area contributed by atoms with Crippen molar-refractivity contribution in [3.8, 4) is 0 Å². The Bertz CT molecular complexity index is 134. The second-order valence-corrected chi connectivity index (χ2v) is 2.89. The minimum absolute atomic E-state index is 0.0233. The van der Waals surface area contributed by atoms with E-state index in [2.05, 4.69) is 0 Å². The highest BCUT2D eigenvalue weighted by atomic mass is 16.6. The monoisotopic (exact) mass is 160 g/mol. The molecule has 2 rings (SSSR count). The Hall–Kier alpha value is -0.160. The quantitative estimate of drug-likeness (QED) is 0.533. The van der Waals surface area contributed by atoms with Crippen molar-refractivity contribution in [2.45, 2.75) is 18.3 Å². The van der Waals surface area contributed by atoms with Crippen molar-refractivity contribution >= 4 is 0 Å². The highest BCUT2D eigenvalue weighted by molar-refractivity contribution is 4.83. The molecule has 0 amide bonds. The molecule has 4 nitrogen and oxygen atoms in total.